The summed E-state index contributed by atoms with van der Waals surface area (Å²) in [5, 5.41) is 35.3. The highest BCUT2D eigenvalue weighted by molar-refractivity contribution is 7.12. The number of nitro groups is 2. The summed E-state index contributed by atoms with van der Waals surface area (Å²) in [5.74, 6) is 0. The van der Waals surface area contributed by atoms with Crippen LogP contribution >= 0.6 is 23.7 Å². The van der Waals surface area contributed by atoms with E-state index >= 15 is 0 Å². The van der Waals surface area contributed by atoms with E-state index in [1.165, 1.54) is 64.5 Å². The van der Waals surface area contributed by atoms with Crippen LogP contribution < -0.4 is 5.56 Å². The Balaban J connectivity index is 0.00000336. The Labute approximate surface area is 223 Å². The summed E-state index contributed by atoms with van der Waals surface area (Å²) in [4.78, 5) is 38.9. The van der Waals surface area contributed by atoms with Gasteiger partial charge in [-0.2, -0.15) is 9.80 Å². The number of H-pyrrole nitrogens is 1. The van der Waals surface area contributed by atoms with Crippen molar-refractivity contribution in [2.24, 2.45) is 10.2 Å². The molecule has 0 spiro atoms. The van der Waals surface area contributed by atoms with Crippen LogP contribution in [-0.2, 0) is 0 Å². The highest BCUT2D eigenvalue weighted by Crippen LogP contribution is 2.31. The van der Waals surface area contributed by atoms with Crippen molar-refractivity contribution in [1.29, 1.82) is 0 Å². The minimum Gasteiger partial charge on any atom is -0.286 e. The van der Waals surface area contributed by atoms with Gasteiger partial charge in [-0.15, -0.1) is 28.9 Å². The molecule has 0 amide bonds. The Morgan fingerprint density at radius 3 is 2.03 bits per heavy atom. The van der Waals surface area contributed by atoms with Crippen molar-refractivity contribution in [3.05, 3.63) is 115 Å². The van der Waals surface area contributed by atoms with Crippen LogP contribution in [0.1, 0.15) is 0 Å². The van der Waals surface area contributed by atoms with E-state index in [1.807, 2.05) is 35.7 Å². The molecule has 5 aromatic rings. The quantitative estimate of drug-likeness (QED) is 0.136. The fourth-order valence-corrected chi connectivity index (χ4v) is 4.25. The van der Waals surface area contributed by atoms with Gasteiger partial charge in [0.05, 0.1) is 26.9 Å². The fraction of sp³-hybridized carbons (Fsp3) is 0. The topological polar surface area (TPSA) is 162 Å². The molecule has 0 aliphatic rings. The summed E-state index contributed by atoms with van der Waals surface area (Å²) in [5.41, 5.74) is 1.83. The van der Waals surface area contributed by atoms with E-state index in [1.54, 1.807) is 0 Å². The minimum atomic E-state index is -0.534. The van der Waals surface area contributed by atoms with E-state index in [2.05, 4.69) is 20.3 Å². The zero-order chi connectivity index (χ0) is 25.9. The first-order valence-electron chi connectivity index (χ1n) is 10.7. The molecule has 0 bridgehead atoms. The van der Waals surface area contributed by atoms with Crippen LogP contribution in [0.25, 0.3) is 27.6 Å². The van der Waals surface area contributed by atoms with Gasteiger partial charge in [-0.3, -0.25) is 30.1 Å². The predicted molar refractivity (Wildman–Crippen MR) is 144 cm³/mol. The van der Waals surface area contributed by atoms with Gasteiger partial charge >= 0.3 is 5.56 Å². The molecule has 3 aromatic carbocycles. The molecule has 0 saturated heterocycles. The summed E-state index contributed by atoms with van der Waals surface area (Å²) in [7, 11) is 0. The molecular weight excluding hydrogens is 534 g/mol. The van der Waals surface area contributed by atoms with Crippen molar-refractivity contribution in [3.8, 4) is 27.6 Å². The molecule has 2 aromatic heterocycles. The largest absolute Gasteiger partial charge is 0.301 e. The lowest BCUT2D eigenvalue weighted by molar-refractivity contribution is -0.385. The minimum absolute atomic E-state index is 0. The van der Waals surface area contributed by atoms with E-state index in [-0.39, 0.29) is 35.2 Å². The number of non-ortho nitro benzene ring substituents is 2. The molecule has 1 N–H and O–H groups in total. The van der Waals surface area contributed by atoms with Crippen LogP contribution in [0.3, 0.4) is 0 Å². The predicted octanol–water partition coefficient (Wildman–Crippen LogP) is 6.61. The molecule has 12 nitrogen and oxygen atoms in total. The Bertz CT molecular complexity index is 1700. The van der Waals surface area contributed by atoms with Crippen LogP contribution in [0, 0.1) is 20.2 Å². The fourth-order valence-electron chi connectivity index (χ4n) is 3.46. The smallest absolute Gasteiger partial charge is 0.286 e. The third-order valence-electron chi connectivity index (χ3n) is 5.31. The standard InChI is InChI=1S/C24H15N7O5S.ClH/c32-23-22(27-26-17-8-12-19(13-9-17)31(35)36)21(16-6-10-18(11-7-16)30(33)34)28-29(23)24-25-20(14-37-24)15-4-2-1-3-5-15;/h1-14,28H;1H. The van der Waals surface area contributed by atoms with Crippen molar-refractivity contribution in [2.45, 2.75) is 0 Å². The second-order valence-corrected chi connectivity index (χ2v) is 8.47. The van der Waals surface area contributed by atoms with E-state index in [4.69, 9.17) is 0 Å². The van der Waals surface area contributed by atoms with Crippen molar-refractivity contribution in [3.63, 3.8) is 0 Å². The van der Waals surface area contributed by atoms with Gasteiger partial charge in [0, 0.05) is 40.8 Å². The maximum atomic E-state index is 13.4. The molecule has 0 saturated carbocycles. The van der Waals surface area contributed by atoms with Gasteiger partial charge < -0.3 is 0 Å². The van der Waals surface area contributed by atoms with Crippen LogP contribution in [0.15, 0.2) is 99.3 Å². The van der Waals surface area contributed by atoms with Crippen molar-refractivity contribution >= 4 is 46.5 Å². The van der Waals surface area contributed by atoms with Crippen molar-refractivity contribution < 1.29 is 9.85 Å². The molecule has 0 unspecified atom stereocenters. The Kier molecular flexibility index (Phi) is 7.50. The third-order valence-corrected chi connectivity index (χ3v) is 6.14. The van der Waals surface area contributed by atoms with E-state index in [0.29, 0.717) is 22.1 Å². The van der Waals surface area contributed by atoms with E-state index in [9.17, 15) is 25.0 Å². The molecule has 0 aliphatic carbocycles. The maximum Gasteiger partial charge on any atom is 0.301 e. The number of aromatic nitrogens is 3. The molecule has 2 heterocycles. The van der Waals surface area contributed by atoms with Gasteiger partial charge in [0.15, 0.2) is 5.69 Å². The van der Waals surface area contributed by atoms with Crippen LogP contribution in [0.2, 0.25) is 0 Å². The lowest BCUT2D eigenvalue weighted by Crippen LogP contribution is -2.13. The number of azo groups is 1. The number of thiazole rings is 1. The normalized spacial score (nSPS) is 10.8. The van der Waals surface area contributed by atoms with Gasteiger partial charge in [-0.05, 0) is 24.3 Å². The number of halogens is 1. The molecule has 38 heavy (non-hydrogen) atoms. The molecule has 14 heteroatoms. The third kappa shape index (κ3) is 5.23. The number of nitrogens with one attached hydrogen (secondary N) is 1. The maximum absolute atomic E-state index is 13.4. The Morgan fingerprint density at radius 2 is 1.42 bits per heavy atom. The van der Waals surface area contributed by atoms with Gasteiger partial charge in [0.25, 0.3) is 11.4 Å². The van der Waals surface area contributed by atoms with Crippen LogP contribution in [0.4, 0.5) is 22.7 Å². The van der Waals surface area contributed by atoms with Crippen molar-refractivity contribution in [1.82, 2.24) is 14.8 Å². The van der Waals surface area contributed by atoms with E-state index in [0.717, 1.165) is 5.56 Å². The molecule has 0 aliphatic heterocycles. The number of aromatic amines is 1. The zero-order valence-electron chi connectivity index (χ0n) is 19.1. The summed E-state index contributed by atoms with van der Waals surface area (Å²) in [6.07, 6.45) is 0. The van der Waals surface area contributed by atoms with Gasteiger partial charge in [-0.25, -0.2) is 4.98 Å². The van der Waals surface area contributed by atoms with E-state index < -0.39 is 15.4 Å². The number of hydrogen-bond acceptors (Lipinski definition) is 9. The summed E-state index contributed by atoms with van der Waals surface area (Å²) in [6.45, 7) is 0. The van der Waals surface area contributed by atoms with Crippen molar-refractivity contribution in [2.75, 3.05) is 0 Å². The summed E-state index contributed by atoms with van der Waals surface area (Å²) in [6, 6.07) is 20.5. The van der Waals surface area contributed by atoms with Crippen LogP contribution in [0.5, 0.6) is 0 Å². The number of hydrogen-bond donors (Lipinski definition) is 1. The molecular formula is C24H16ClN7O5S. The first kappa shape index (κ1) is 26.1. The zero-order valence-corrected chi connectivity index (χ0v) is 20.8. The van der Waals surface area contributed by atoms with Gasteiger partial charge in [0.2, 0.25) is 5.13 Å². The number of benzene rings is 3. The molecule has 0 atom stereocenters. The number of nitrogens with zero attached hydrogens (tertiary/aromatic N) is 6. The number of rotatable bonds is 7. The molecule has 0 radical (unpaired) electrons. The monoisotopic (exact) mass is 549 g/mol. The second-order valence-electron chi connectivity index (χ2n) is 7.63. The average Bonchev–Trinajstić information content (AvgIpc) is 3.53. The Morgan fingerprint density at radius 1 is 0.816 bits per heavy atom. The molecule has 190 valence electrons. The Hall–Kier alpha value is -5.01. The summed E-state index contributed by atoms with van der Waals surface area (Å²) >= 11 is 1.25. The van der Waals surface area contributed by atoms with Gasteiger partial charge in [0.1, 0.15) is 0 Å². The number of nitro benzene ring substituents is 2. The van der Waals surface area contributed by atoms with Crippen LogP contribution in [-0.4, -0.2) is 24.6 Å². The van der Waals surface area contributed by atoms with Gasteiger partial charge in [-0.1, -0.05) is 30.3 Å². The highest BCUT2D eigenvalue weighted by Gasteiger charge is 2.20. The highest BCUT2D eigenvalue weighted by atomic mass is 35.5. The molecule has 0 fully saturated rings. The molecule has 5 rings (SSSR count). The lowest BCUT2D eigenvalue weighted by atomic mass is 10.1. The second kappa shape index (κ2) is 10.9. The first-order chi connectivity index (χ1) is 17.9. The SMILES string of the molecule is Cl.O=c1c(N=Nc2ccc([N+](=O)[O-])cc2)c(-c2ccc([N+](=O)[O-])cc2)[nH]n1-c1nc(-c2ccccc2)cs1. The summed E-state index contributed by atoms with van der Waals surface area (Å²) < 4.78 is 1.23. The average molecular weight is 550 g/mol. The lowest BCUT2D eigenvalue weighted by Gasteiger charge is -2.00. The first-order valence-corrected chi connectivity index (χ1v) is 11.6.